The Labute approximate surface area is 95.4 Å². The maximum absolute atomic E-state index is 6.07. The van der Waals surface area contributed by atoms with Gasteiger partial charge in [-0.3, -0.25) is 0 Å². The zero-order valence-corrected chi connectivity index (χ0v) is 9.99. The Morgan fingerprint density at radius 3 is 2.71 bits per heavy atom. The normalized spacial score (nSPS) is 12.9. The first-order valence-corrected chi connectivity index (χ1v) is 5.59. The minimum Gasteiger partial charge on any atom is -0.310 e. The molecule has 1 atom stereocenters. The van der Waals surface area contributed by atoms with E-state index in [4.69, 9.17) is 23.2 Å². The van der Waals surface area contributed by atoms with Gasteiger partial charge in [-0.15, -0.1) is 0 Å². The number of benzene rings is 1. The number of hydrogen-bond donors (Lipinski definition) is 1. The Balaban J connectivity index is 2.77. The van der Waals surface area contributed by atoms with E-state index >= 15 is 0 Å². The Morgan fingerprint density at radius 2 is 2.07 bits per heavy atom. The molecular weight excluding hydrogens is 217 g/mol. The number of nitrogens with one attached hydrogen (secondary N) is 1. The molecule has 0 aliphatic carbocycles. The van der Waals surface area contributed by atoms with Gasteiger partial charge in [0.1, 0.15) is 0 Å². The molecule has 0 heterocycles. The van der Waals surface area contributed by atoms with Crippen molar-refractivity contribution in [3.63, 3.8) is 0 Å². The molecule has 0 saturated heterocycles. The van der Waals surface area contributed by atoms with E-state index in [0.29, 0.717) is 0 Å². The molecule has 1 nitrogen and oxygen atoms in total. The highest BCUT2D eigenvalue weighted by Gasteiger charge is 2.08. The topological polar surface area (TPSA) is 12.0 Å². The minimum atomic E-state index is 0.251. The lowest BCUT2D eigenvalue weighted by atomic mass is 10.1. The molecule has 0 aliphatic heterocycles. The van der Waals surface area contributed by atoms with Crippen LogP contribution in [0.4, 0.5) is 0 Å². The summed E-state index contributed by atoms with van der Waals surface area (Å²) in [4.78, 5) is 0. The summed E-state index contributed by atoms with van der Waals surface area (Å²) in [7, 11) is 0. The average Bonchev–Trinajstić information content (AvgIpc) is 2.18. The monoisotopic (exact) mass is 231 g/mol. The van der Waals surface area contributed by atoms with E-state index in [1.54, 1.807) is 6.07 Å². The van der Waals surface area contributed by atoms with E-state index in [1.165, 1.54) is 0 Å². The van der Waals surface area contributed by atoms with E-state index in [1.807, 2.05) is 12.1 Å². The van der Waals surface area contributed by atoms with Crippen LogP contribution in [0.15, 0.2) is 18.2 Å². The fourth-order valence-corrected chi connectivity index (χ4v) is 1.78. The van der Waals surface area contributed by atoms with Crippen LogP contribution in [0.25, 0.3) is 0 Å². The summed E-state index contributed by atoms with van der Waals surface area (Å²) in [5.74, 6) is 0. The fourth-order valence-electron chi connectivity index (χ4n) is 1.32. The van der Waals surface area contributed by atoms with Crippen molar-refractivity contribution in [2.24, 2.45) is 0 Å². The summed E-state index contributed by atoms with van der Waals surface area (Å²) < 4.78 is 0. The quantitative estimate of drug-likeness (QED) is 0.825. The summed E-state index contributed by atoms with van der Waals surface area (Å²) >= 11 is 12.0. The molecule has 0 unspecified atom stereocenters. The van der Waals surface area contributed by atoms with Gasteiger partial charge >= 0.3 is 0 Å². The van der Waals surface area contributed by atoms with Crippen LogP contribution in [0.2, 0.25) is 10.0 Å². The molecule has 1 aromatic rings. The summed E-state index contributed by atoms with van der Waals surface area (Å²) in [5, 5.41) is 4.87. The molecular formula is C11H15Cl2N. The second-order valence-electron chi connectivity index (χ2n) is 3.34. The van der Waals surface area contributed by atoms with Crippen LogP contribution in [0.5, 0.6) is 0 Å². The van der Waals surface area contributed by atoms with E-state index in [-0.39, 0.29) is 6.04 Å². The average molecular weight is 232 g/mol. The first-order valence-electron chi connectivity index (χ1n) is 4.83. The third-order valence-corrected chi connectivity index (χ3v) is 2.70. The number of halogens is 2. The van der Waals surface area contributed by atoms with Crippen molar-refractivity contribution >= 4 is 23.2 Å². The second-order valence-corrected chi connectivity index (χ2v) is 4.19. The van der Waals surface area contributed by atoms with E-state index in [9.17, 15) is 0 Å². The van der Waals surface area contributed by atoms with E-state index in [0.717, 1.165) is 28.6 Å². The molecule has 0 amide bonds. The lowest BCUT2D eigenvalue weighted by molar-refractivity contribution is 0.571. The number of rotatable bonds is 4. The molecule has 0 aliphatic rings. The van der Waals surface area contributed by atoms with Gasteiger partial charge in [0.05, 0.1) is 0 Å². The van der Waals surface area contributed by atoms with Crippen molar-refractivity contribution in [2.75, 3.05) is 6.54 Å². The Bertz CT molecular complexity index is 299. The number of hydrogen-bond acceptors (Lipinski definition) is 1. The largest absolute Gasteiger partial charge is 0.310 e. The van der Waals surface area contributed by atoms with E-state index in [2.05, 4.69) is 19.2 Å². The van der Waals surface area contributed by atoms with Crippen LogP contribution in [0.1, 0.15) is 31.9 Å². The van der Waals surface area contributed by atoms with Crippen LogP contribution < -0.4 is 5.32 Å². The predicted octanol–water partition coefficient (Wildman–Crippen LogP) is 4.05. The molecule has 14 heavy (non-hydrogen) atoms. The van der Waals surface area contributed by atoms with Crippen LogP contribution in [-0.2, 0) is 0 Å². The van der Waals surface area contributed by atoms with Crippen LogP contribution in [0, 0.1) is 0 Å². The fraction of sp³-hybridized carbons (Fsp3) is 0.455. The highest BCUT2D eigenvalue weighted by Crippen LogP contribution is 2.25. The molecule has 1 N–H and O–H groups in total. The third-order valence-electron chi connectivity index (χ3n) is 2.13. The molecule has 0 saturated carbocycles. The Hall–Kier alpha value is -0.240. The molecule has 0 aromatic heterocycles. The predicted molar refractivity (Wildman–Crippen MR) is 63.2 cm³/mol. The SMILES string of the molecule is CCCN[C@H](C)c1cc(Cl)ccc1Cl. The smallest absolute Gasteiger partial charge is 0.0454 e. The van der Waals surface area contributed by atoms with Gasteiger partial charge < -0.3 is 5.32 Å². The van der Waals surface area contributed by atoms with Gasteiger partial charge in [-0.05, 0) is 43.7 Å². The molecule has 1 rings (SSSR count). The van der Waals surface area contributed by atoms with Gasteiger partial charge in [-0.25, -0.2) is 0 Å². The van der Waals surface area contributed by atoms with Crippen molar-refractivity contribution in [3.8, 4) is 0 Å². The maximum atomic E-state index is 6.07. The van der Waals surface area contributed by atoms with Crippen molar-refractivity contribution < 1.29 is 0 Å². The molecule has 0 radical (unpaired) electrons. The van der Waals surface area contributed by atoms with Crippen molar-refractivity contribution in [1.82, 2.24) is 5.32 Å². The third kappa shape index (κ3) is 3.16. The Morgan fingerprint density at radius 1 is 1.36 bits per heavy atom. The molecule has 0 bridgehead atoms. The van der Waals surface area contributed by atoms with Gasteiger partial charge in [0, 0.05) is 16.1 Å². The molecule has 0 spiro atoms. The summed E-state index contributed by atoms with van der Waals surface area (Å²) in [6.45, 7) is 5.22. The summed E-state index contributed by atoms with van der Waals surface area (Å²) in [5.41, 5.74) is 1.06. The summed E-state index contributed by atoms with van der Waals surface area (Å²) in [6.07, 6.45) is 1.11. The van der Waals surface area contributed by atoms with Gasteiger partial charge in [0.2, 0.25) is 0 Å². The summed E-state index contributed by atoms with van der Waals surface area (Å²) in [6, 6.07) is 5.81. The van der Waals surface area contributed by atoms with Gasteiger partial charge in [0.25, 0.3) is 0 Å². The highest BCUT2D eigenvalue weighted by atomic mass is 35.5. The first-order chi connectivity index (χ1) is 6.65. The Kier molecular flexibility index (Phi) is 4.73. The van der Waals surface area contributed by atoms with Gasteiger partial charge in [-0.1, -0.05) is 30.1 Å². The van der Waals surface area contributed by atoms with Crippen LogP contribution >= 0.6 is 23.2 Å². The first kappa shape index (κ1) is 11.8. The van der Waals surface area contributed by atoms with Crippen molar-refractivity contribution in [2.45, 2.75) is 26.3 Å². The zero-order chi connectivity index (χ0) is 10.6. The molecule has 1 aromatic carbocycles. The zero-order valence-electron chi connectivity index (χ0n) is 8.48. The lowest BCUT2D eigenvalue weighted by Crippen LogP contribution is -2.19. The van der Waals surface area contributed by atoms with Crippen molar-refractivity contribution in [3.05, 3.63) is 33.8 Å². The lowest BCUT2D eigenvalue weighted by Gasteiger charge is -2.15. The van der Waals surface area contributed by atoms with Gasteiger partial charge in [0.15, 0.2) is 0 Å². The minimum absolute atomic E-state index is 0.251. The second kappa shape index (κ2) is 5.59. The standard InChI is InChI=1S/C11H15Cl2N/c1-3-6-14-8(2)10-7-9(12)4-5-11(10)13/h4-5,7-8,14H,3,6H2,1-2H3/t8-/m1/s1. The van der Waals surface area contributed by atoms with E-state index < -0.39 is 0 Å². The molecule has 78 valence electrons. The molecule has 3 heteroatoms. The molecule has 0 fully saturated rings. The van der Waals surface area contributed by atoms with Crippen LogP contribution in [0.3, 0.4) is 0 Å². The highest BCUT2D eigenvalue weighted by molar-refractivity contribution is 6.33. The van der Waals surface area contributed by atoms with Crippen molar-refractivity contribution in [1.29, 1.82) is 0 Å². The maximum Gasteiger partial charge on any atom is 0.0454 e. The van der Waals surface area contributed by atoms with Gasteiger partial charge in [-0.2, -0.15) is 0 Å². The van der Waals surface area contributed by atoms with Crippen LogP contribution in [-0.4, -0.2) is 6.54 Å².